The monoisotopic (exact) mass is 287 g/mol. The molecule has 0 amide bonds. The summed E-state index contributed by atoms with van der Waals surface area (Å²) in [7, 11) is 0. The van der Waals surface area contributed by atoms with Crippen molar-refractivity contribution in [1.29, 1.82) is 0 Å². The normalized spacial score (nSPS) is 12.0. The topological polar surface area (TPSA) is 52.3 Å². The van der Waals surface area contributed by atoms with E-state index in [1.807, 2.05) is 30.3 Å². The molecule has 0 radical (unpaired) electrons. The summed E-state index contributed by atoms with van der Waals surface area (Å²) >= 11 is 0. The van der Waals surface area contributed by atoms with Gasteiger partial charge in [0.25, 0.3) is 0 Å². The van der Waals surface area contributed by atoms with E-state index >= 15 is 0 Å². The van der Waals surface area contributed by atoms with Crippen LogP contribution in [0, 0.1) is 5.82 Å². The van der Waals surface area contributed by atoms with Crippen molar-refractivity contribution in [2.45, 2.75) is 19.4 Å². The molecule has 0 aliphatic heterocycles. The van der Waals surface area contributed by atoms with Gasteiger partial charge in [-0.25, -0.2) is 4.39 Å². The molecule has 0 bridgehead atoms. The average Bonchev–Trinajstić information content (AvgIpc) is 2.47. The number of hydrogen-bond acceptors (Lipinski definition) is 3. The number of carbonyl (C=O) groups excluding carboxylic acids is 1. The van der Waals surface area contributed by atoms with Crippen LogP contribution in [0.1, 0.15) is 24.9 Å². The fourth-order valence-corrected chi connectivity index (χ4v) is 2.13. The first kappa shape index (κ1) is 15.2. The molecule has 1 atom stereocenters. The lowest BCUT2D eigenvalue weighted by Gasteiger charge is -2.13. The molecule has 2 aromatic rings. The van der Waals surface area contributed by atoms with E-state index in [4.69, 9.17) is 10.5 Å². The zero-order chi connectivity index (χ0) is 15.2. The Morgan fingerprint density at radius 1 is 1.19 bits per heavy atom. The Labute approximate surface area is 123 Å². The second-order valence-corrected chi connectivity index (χ2v) is 4.75. The molecule has 1 unspecified atom stereocenters. The molecule has 0 saturated carbocycles. The molecule has 4 heteroatoms. The summed E-state index contributed by atoms with van der Waals surface area (Å²) in [4.78, 5) is 11.5. The van der Waals surface area contributed by atoms with Gasteiger partial charge in [0.2, 0.25) is 0 Å². The number of ether oxygens (including phenoxy) is 1. The predicted molar refractivity (Wildman–Crippen MR) is 80.0 cm³/mol. The van der Waals surface area contributed by atoms with Crippen LogP contribution in [0.2, 0.25) is 0 Å². The summed E-state index contributed by atoms with van der Waals surface area (Å²) in [5.41, 5.74) is 8.50. The van der Waals surface area contributed by atoms with Crippen LogP contribution in [0.4, 0.5) is 4.39 Å². The highest BCUT2D eigenvalue weighted by atomic mass is 19.1. The maximum absolute atomic E-state index is 13.3. The number of esters is 1. The number of benzene rings is 2. The second-order valence-electron chi connectivity index (χ2n) is 4.75. The Bertz CT molecular complexity index is 628. The molecule has 0 aliphatic carbocycles. The smallest absolute Gasteiger partial charge is 0.307 e. The lowest BCUT2D eigenvalue weighted by molar-refractivity contribution is -0.143. The van der Waals surface area contributed by atoms with E-state index < -0.39 is 6.04 Å². The van der Waals surface area contributed by atoms with Gasteiger partial charge in [-0.2, -0.15) is 0 Å². The molecule has 2 rings (SSSR count). The van der Waals surface area contributed by atoms with Crippen molar-refractivity contribution in [3.63, 3.8) is 0 Å². The third-order valence-electron chi connectivity index (χ3n) is 3.16. The SMILES string of the molecule is CCOC(=O)CC(N)c1cccc(-c2cccc(F)c2)c1. The first-order chi connectivity index (χ1) is 10.1. The molecule has 2 N–H and O–H groups in total. The Balaban J connectivity index is 2.19. The van der Waals surface area contributed by atoms with Gasteiger partial charge >= 0.3 is 5.97 Å². The number of nitrogens with two attached hydrogens (primary N) is 1. The molecular weight excluding hydrogens is 269 g/mol. The third kappa shape index (κ3) is 4.13. The Morgan fingerprint density at radius 3 is 2.52 bits per heavy atom. The van der Waals surface area contributed by atoms with Crippen LogP contribution in [0.3, 0.4) is 0 Å². The van der Waals surface area contributed by atoms with E-state index in [1.165, 1.54) is 12.1 Å². The molecule has 21 heavy (non-hydrogen) atoms. The number of halogens is 1. The van der Waals surface area contributed by atoms with Gasteiger partial charge in [0.05, 0.1) is 13.0 Å². The highest BCUT2D eigenvalue weighted by molar-refractivity contribution is 5.71. The lowest BCUT2D eigenvalue weighted by Crippen LogP contribution is -2.17. The molecule has 2 aromatic carbocycles. The van der Waals surface area contributed by atoms with E-state index in [0.717, 1.165) is 16.7 Å². The first-order valence-electron chi connectivity index (χ1n) is 6.87. The Hall–Kier alpha value is -2.20. The maximum atomic E-state index is 13.3. The van der Waals surface area contributed by atoms with E-state index in [1.54, 1.807) is 13.0 Å². The van der Waals surface area contributed by atoms with E-state index in [9.17, 15) is 9.18 Å². The third-order valence-corrected chi connectivity index (χ3v) is 3.16. The molecule has 3 nitrogen and oxygen atoms in total. The van der Waals surface area contributed by atoms with Crippen molar-refractivity contribution in [3.05, 3.63) is 59.9 Å². The van der Waals surface area contributed by atoms with E-state index in [2.05, 4.69) is 0 Å². The van der Waals surface area contributed by atoms with Gasteiger partial charge in [0, 0.05) is 6.04 Å². The van der Waals surface area contributed by atoms with Crippen LogP contribution in [-0.4, -0.2) is 12.6 Å². The van der Waals surface area contributed by atoms with Crippen molar-refractivity contribution in [2.75, 3.05) is 6.61 Å². The van der Waals surface area contributed by atoms with Gasteiger partial charge in [-0.15, -0.1) is 0 Å². The van der Waals surface area contributed by atoms with E-state index in [0.29, 0.717) is 6.61 Å². The van der Waals surface area contributed by atoms with Crippen molar-refractivity contribution in [1.82, 2.24) is 0 Å². The van der Waals surface area contributed by atoms with Gasteiger partial charge in [-0.1, -0.05) is 30.3 Å². The quantitative estimate of drug-likeness (QED) is 0.857. The summed E-state index contributed by atoms with van der Waals surface area (Å²) in [6.45, 7) is 2.10. The summed E-state index contributed by atoms with van der Waals surface area (Å²) in [6.07, 6.45) is 0.125. The minimum atomic E-state index is -0.433. The standard InChI is InChI=1S/C17H18FNO2/c1-2-21-17(20)11-16(19)14-7-3-5-12(9-14)13-6-4-8-15(18)10-13/h3-10,16H,2,11,19H2,1H3. The van der Waals surface area contributed by atoms with Gasteiger partial charge in [-0.3, -0.25) is 4.79 Å². The van der Waals surface area contributed by atoms with Crippen molar-refractivity contribution < 1.29 is 13.9 Å². The zero-order valence-corrected chi connectivity index (χ0v) is 11.9. The fourth-order valence-electron chi connectivity index (χ4n) is 2.13. The van der Waals surface area contributed by atoms with Crippen LogP contribution in [-0.2, 0) is 9.53 Å². The number of rotatable bonds is 5. The Kier molecular flexibility index (Phi) is 5.06. The largest absolute Gasteiger partial charge is 0.466 e. The van der Waals surface area contributed by atoms with E-state index in [-0.39, 0.29) is 18.2 Å². The number of hydrogen-bond donors (Lipinski definition) is 1. The summed E-state index contributed by atoms with van der Waals surface area (Å²) in [6, 6.07) is 13.4. The number of carbonyl (C=O) groups is 1. The first-order valence-corrected chi connectivity index (χ1v) is 6.87. The van der Waals surface area contributed by atoms with Gasteiger partial charge in [0.15, 0.2) is 0 Å². The molecule has 0 spiro atoms. The van der Waals surface area contributed by atoms with Crippen LogP contribution in [0.5, 0.6) is 0 Å². The van der Waals surface area contributed by atoms with Gasteiger partial charge < -0.3 is 10.5 Å². The van der Waals surface area contributed by atoms with Crippen LogP contribution < -0.4 is 5.73 Å². The molecule has 0 heterocycles. The van der Waals surface area contributed by atoms with Gasteiger partial charge in [0.1, 0.15) is 5.82 Å². The summed E-state index contributed by atoms with van der Waals surface area (Å²) < 4.78 is 18.2. The van der Waals surface area contributed by atoms with Crippen molar-refractivity contribution in [2.24, 2.45) is 5.73 Å². The lowest BCUT2D eigenvalue weighted by atomic mass is 9.98. The van der Waals surface area contributed by atoms with Crippen LogP contribution >= 0.6 is 0 Å². The fraction of sp³-hybridized carbons (Fsp3) is 0.235. The predicted octanol–water partition coefficient (Wildman–Crippen LogP) is 3.45. The van der Waals surface area contributed by atoms with Crippen molar-refractivity contribution in [3.8, 4) is 11.1 Å². The molecule has 0 aromatic heterocycles. The molecule has 110 valence electrons. The van der Waals surface area contributed by atoms with Crippen molar-refractivity contribution >= 4 is 5.97 Å². The van der Waals surface area contributed by atoms with Crippen LogP contribution in [0.15, 0.2) is 48.5 Å². The second kappa shape index (κ2) is 6.99. The zero-order valence-electron chi connectivity index (χ0n) is 11.9. The minimum Gasteiger partial charge on any atom is -0.466 e. The Morgan fingerprint density at radius 2 is 1.86 bits per heavy atom. The minimum absolute atomic E-state index is 0.125. The summed E-state index contributed by atoms with van der Waals surface area (Å²) in [5.74, 6) is -0.602. The highest BCUT2D eigenvalue weighted by Gasteiger charge is 2.13. The summed E-state index contributed by atoms with van der Waals surface area (Å²) in [5, 5.41) is 0. The molecule has 0 aliphatic rings. The maximum Gasteiger partial charge on any atom is 0.307 e. The molecule has 0 saturated heterocycles. The van der Waals surface area contributed by atoms with Gasteiger partial charge in [-0.05, 0) is 41.8 Å². The average molecular weight is 287 g/mol. The molecular formula is C17H18FNO2. The van der Waals surface area contributed by atoms with Crippen LogP contribution in [0.25, 0.3) is 11.1 Å². The molecule has 0 fully saturated rings. The highest BCUT2D eigenvalue weighted by Crippen LogP contribution is 2.24.